The normalized spacial score (nSPS) is 12.7. The van der Waals surface area contributed by atoms with Crippen LogP contribution in [0.3, 0.4) is 0 Å². The number of nitrogens with two attached hydrogens (primary N) is 1. The summed E-state index contributed by atoms with van der Waals surface area (Å²) in [4.78, 5) is 4.60. The van der Waals surface area contributed by atoms with E-state index in [2.05, 4.69) is 20.9 Å². The Morgan fingerprint density at radius 3 is 2.81 bits per heavy atom. The summed E-state index contributed by atoms with van der Waals surface area (Å²) in [5, 5.41) is 11.1. The van der Waals surface area contributed by atoms with Crippen LogP contribution in [0.4, 0.5) is 5.13 Å². The number of anilines is 1. The Kier molecular flexibility index (Phi) is 3.49. The summed E-state index contributed by atoms with van der Waals surface area (Å²) >= 11 is 10.5. The summed E-state index contributed by atoms with van der Waals surface area (Å²) in [7, 11) is 0. The van der Waals surface area contributed by atoms with Crippen LogP contribution in [0.2, 0.25) is 5.02 Å². The Labute approximate surface area is 110 Å². The standard InChI is InChI=1S/C10H8BrClN2OS/c11-6-2-1-5(3-7(6)12)9(15)8-4-14-10(13)16-8/h1-4,9,15H,(H2,13,14). The Balaban J connectivity index is 2.33. The summed E-state index contributed by atoms with van der Waals surface area (Å²) in [5.74, 6) is 0. The number of nitrogens with zero attached hydrogens (tertiary/aromatic N) is 1. The van der Waals surface area contributed by atoms with Crippen LogP contribution >= 0.6 is 38.9 Å². The van der Waals surface area contributed by atoms with Crippen molar-refractivity contribution in [2.45, 2.75) is 6.10 Å². The lowest BCUT2D eigenvalue weighted by Crippen LogP contribution is -1.96. The highest BCUT2D eigenvalue weighted by Crippen LogP contribution is 2.31. The average molecular weight is 320 g/mol. The number of nitrogen functional groups attached to an aromatic ring is 1. The van der Waals surface area contributed by atoms with Crippen LogP contribution in [0.5, 0.6) is 0 Å². The van der Waals surface area contributed by atoms with Gasteiger partial charge in [-0.2, -0.15) is 0 Å². The van der Waals surface area contributed by atoms with Crippen molar-refractivity contribution < 1.29 is 5.11 Å². The van der Waals surface area contributed by atoms with Gasteiger partial charge in [-0.15, -0.1) is 0 Å². The van der Waals surface area contributed by atoms with Crippen molar-refractivity contribution in [2.75, 3.05) is 5.73 Å². The highest BCUT2D eigenvalue weighted by atomic mass is 79.9. The maximum atomic E-state index is 10.1. The van der Waals surface area contributed by atoms with E-state index in [1.165, 1.54) is 11.3 Å². The van der Waals surface area contributed by atoms with E-state index >= 15 is 0 Å². The zero-order chi connectivity index (χ0) is 11.7. The first-order chi connectivity index (χ1) is 7.58. The van der Waals surface area contributed by atoms with E-state index < -0.39 is 6.10 Å². The minimum Gasteiger partial charge on any atom is -0.383 e. The number of hydrogen-bond acceptors (Lipinski definition) is 4. The third kappa shape index (κ3) is 2.38. The first kappa shape index (κ1) is 11.9. The summed E-state index contributed by atoms with van der Waals surface area (Å²) in [6.07, 6.45) is 0.834. The largest absolute Gasteiger partial charge is 0.383 e. The highest BCUT2D eigenvalue weighted by Gasteiger charge is 2.14. The van der Waals surface area contributed by atoms with Crippen molar-refractivity contribution in [3.63, 3.8) is 0 Å². The Morgan fingerprint density at radius 1 is 1.50 bits per heavy atom. The molecule has 1 aromatic heterocycles. The van der Waals surface area contributed by atoms with E-state index in [1.807, 2.05) is 0 Å². The van der Waals surface area contributed by atoms with Gasteiger partial charge in [-0.1, -0.05) is 29.0 Å². The maximum Gasteiger partial charge on any atom is 0.180 e. The van der Waals surface area contributed by atoms with Crippen molar-refractivity contribution in [1.82, 2.24) is 4.98 Å². The minimum atomic E-state index is -0.736. The van der Waals surface area contributed by atoms with Crippen molar-refractivity contribution in [3.05, 3.63) is 44.3 Å². The van der Waals surface area contributed by atoms with Crippen LogP contribution in [0.25, 0.3) is 0 Å². The molecule has 0 aliphatic rings. The second-order valence-electron chi connectivity index (χ2n) is 3.18. The molecule has 0 amide bonds. The van der Waals surface area contributed by atoms with Crippen molar-refractivity contribution in [3.8, 4) is 0 Å². The van der Waals surface area contributed by atoms with Gasteiger partial charge < -0.3 is 10.8 Å². The third-order valence-electron chi connectivity index (χ3n) is 2.07. The zero-order valence-electron chi connectivity index (χ0n) is 8.02. The smallest absolute Gasteiger partial charge is 0.180 e. The SMILES string of the molecule is Nc1ncc(C(O)c2ccc(Br)c(Cl)c2)s1. The van der Waals surface area contributed by atoms with Crippen LogP contribution in [0, 0.1) is 0 Å². The molecular formula is C10H8BrClN2OS. The van der Waals surface area contributed by atoms with Crippen LogP contribution in [0.15, 0.2) is 28.9 Å². The first-order valence-electron chi connectivity index (χ1n) is 4.42. The van der Waals surface area contributed by atoms with E-state index in [0.717, 1.165) is 10.0 Å². The molecule has 0 saturated carbocycles. The lowest BCUT2D eigenvalue weighted by atomic mass is 10.1. The molecule has 0 bridgehead atoms. The number of thiazole rings is 1. The molecule has 3 nitrogen and oxygen atoms in total. The molecule has 0 spiro atoms. The first-order valence-corrected chi connectivity index (χ1v) is 6.41. The van der Waals surface area contributed by atoms with E-state index in [4.69, 9.17) is 17.3 Å². The van der Waals surface area contributed by atoms with E-state index in [1.54, 1.807) is 24.4 Å². The summed E-state index contributed by atoms with van der Waals surface area (Å²) in [6.45, 7) is 0. The van der Waals surface area contributed by atoms with Gasteiger partial charge in [0.1, 0.15) is 6.10 Å². The molecule has 84 valence electrons. The monoisotopic (exact) mass is 318 g/mol. The lowest BCUT2D eigenvalue weighted by Gasteiger charge is -2.09. The molecule has 1 heterocycles. The zero-order valence-corrected chi connectivity index (χ0v) is 11.2. The van der Waals surface area contributed by atoms with Crippen LogP contribution in [0.1, 0.15) is 16.5 Å². The van der Waals surface area contributed by atoms with Crippen LogP contribution in [-0.2, 0) is 0 Å². The van der Waals surface area contributed by atoms with Gasteiger partial charge in [-0.3, -0.25) is 0 Å². The molecule has 0 radical (unpaired) electrons. The molecule has 2 rings (SSSR count). The van der Waals surface area contributed by atoms with E-state index in [0.29, 0.717) is 15.0 Å². The number of halogens is 2. The second-order valence-corrected chi connectivity index (χ2v) is 5.53. The summed E-state index contributed by atoms with van der Waals surface area (Å²) < 4.78 is 0.800. The summed E-state index contributed by atoms with van der Waals surface area (Å²) in [5.41, 5.74) is 6.23. The fourth-order valence-corrected chi connectivity index (χ4v) is 2.41. The van der Waals surface area contributed by atoms with E-state index in [-0.39, 0.29) is 0 Å². The number of hydrogen-bond donors (Lipinski definition) is 2. The van der Waals surface area contributed by atoms with Gasteiger partial charge in [0, 0.05) is 10.7 Å². The van der Waals surface area contributed by atoms with Crippen molar-refractivity contribution >= 4 is 44.0 Å². The molecule has 2 aromatic rings. The number of aromatic nitrogens is 1. The van der Waals surface area contributed by atoms with Gasteiger partial charge in [0.15, 0.2) is 5.13 Å². The number of aliphatic hydroxyl groups excluding tert-OH is 1. The predicted molar refractivity (Wildman–Crippen MR) is 69.7 cm³/mol. The van der Waals surface area contributed by atoms with Gasteiger partial charge in [-0.05, 0) is 33.6 Å². The van der Waals surface area contributed by atoms with E-state index in [9.17, 15) is 5.11 Å². The van der Waals surface area contributed by atoms with Crippen molar-refractivity contribution in [1.29, 1.82) is 0 Å². The quantitative estimate of drug-likeness (QED) is 0.893. The topological polar surface area (TPSA) is 59.1 Å². The maximum absolute atomic E-state index is 10.1. The molecule has 0 fully saturated rings. The predicted octanol–water partition coefficient (Wildman–Crippen LogP) is 3.22. The van der Waals surface area contributed by atoms with Gasteiger partial charge >= 0.3 is 0 Å². The molecule has 1 atom stereocenters. The Bertz CT molecular complexity index is 517. The Morgan fingerprint density at radius 2 is 2.25 bits per heavy atom. The van der Waals surface area contributed by atoms with Gasteiger partial charge in [0.05, 0.1) is 9.90 Å². The van der Waals surface area contributed by atoms with Gasteiger partial charge in [-0.25, -0.2) is 4.98 Å². The second kappa shape index (κ2) is 4.71. The summed E-state index contributed by atoms with van der Waals surface area (Å²) in [6, 6.07) is 5.31. The molecular weight excluding hydrogens is 312 g/mol. The van der Waals surface area contributed by atoms with Gasteiger partial charge in [0.25, 0.3) is 0 Å². The molecule has 3 N–H and O–H groups in total. The fourth-order valence-electron chi connectivity index (χ4n) is 1.27. The minimum absolute atomic E-state index is 0.442. The highest BCUT2D eigenvalue weighted by molar-refractivity contribution is 9.10. The number of benzene rings is 1. The lowest BCUT2D eigenvalue weighted by molar-refractivity contribution is 0.224. The molecule has 1 aromatic carbocycles. The third-order valence-corrected chi connectivity index (χ3v) is 4.18. The molecule has 16 heavy (non-hydrogen) atoms. The Hall–Kier alpha value is -0.620. The molecule has 0 saturated heterocycles. The van der Waals surface area contributed by atoms with Crippen LogP contribution in [-0.4, -0.2) is 10.1 Å². The number of aliphatic hydroxyl groups is 1. The fraction of sp³-hybridized carbons (Fsp3) is 0.100. The molecule has 0 aliphatic carbocycles. The molecule has 1 unspecified atom stereocenters. The van der Waals surface area contributed by atoms with Crippen molar-refractivity contribution in [2.24, 2.45) is 0 Å². The molecule has 6 heteroatoms. The average Bonchev–Trinajstić information content (AvgIpc) is 2.68. The van der Waals surface area contributed by atoms with Crippen LogP contribution < -0.4 is 5.73 Å². The van der Waals surface area contributed by atoms with Gasteiger partial charge in [0.2, 0.25) is 0 Å². The molecule has 0 aliphatic heterocycles. The number of rotatable bonds is 2.